The molecule has 0 atom stereocenters. The van der Waals surface area contributed by atoms with Crippen LogP contribution in [0.1, 0.15) is 11.1 Å². The molecule has 1 rings (SSSR count). The van der Waals surface area contributed by atoms with Crippen molar-refractivity contribution in [2.24, 2.45) is 0 Å². The molecule has 0 amide bonds. The average molecular weight is 131 g/mol. The maximum atomic E-state index is 2.19. The monoisotopic (exact) mass is 131 g/mol. The first-order valence-electron chi connectivity index (χ1n) is 3.60. The predicted molar refractivity (Wildman–Crippen MR) is 47.2 cm³/mol. The molecule has 0 aliphatic rings. The number of rotatable bonds is 1. The molecular weight excluding hydrogens is 119 g/mol. The van der Waals surface area contributed by atoms with E-state index in [1.807, 2.05) is 0 Å². The molecule has 0 unspecified atom stereocenters. The highest BCUT2D eigenvalue weighted by Crippen LogP contribution is 1.98. The fraction of sp³-hybridized carbons (Fsp3) is 0.333. The Labute approximate surface area is 63.5 Å². The summed E-state index contributed by atoms with van der Waals surface area (Å²) in [5, 5.41) is 0. The van der Waals surface area contributed by atoms with Crippen molar-refractivity contribution in [3.63, 3.8) is 0 Å². The fourth-order valence-electron chi connectivity index (χ4n) is 1.18. The van der Waals surface area contributed by atoms with Crippen LogP contribution >= 0.6 is 0 Å². The van der Waals surface area contributed by atoms with Crippen LogP contribution in [0.25, 0.3) is 0 Å². The van der Waals surface area contributed by atoms with Crippen LogP contribution in [0.15, 0.2) is 18.2 Å². The number of hydrogen-bond acceptors (Lipinski definition) is 0. The third-order valence-corrected chi connectivity index (χ3v) is 1.58. The molecule has 0 aromatic heterocycles. The van der Waals surface area contributed by atoms with Gasteiger partial charge in [0.2, 0.25) is 0 Å². The lowest BCUT2D eigenvalue weighted by Gasteiger charge is -1.99. The molecule has 0 heterocycles. The first-order valence-corrected chi connectivity index (χ1v) is 3.60. The minimum Gasteiger partial charge on any atom is -0.0876 e. The summed E-state index contributed by atoms with van der Waals surface area (Å²) in [5.41, 5.74) is 4.00. The zero-order chi connectivity index (χ0) is 7.56. The Kier molecular flexibility index (Phi) is 2.15. The molecule has 0 N–H and O–H groups in total. The van der Waals surface area contributed by atoms with Crippen molar-refractivity contribution in [1.82, 2.24) is 0 Å². The van der Waals surface area contributed by atoms with E-state index in [9.17, 15) is 0 Å². The Morgan fingerprint density at radius 3 is 1.90 bits per heavy atom. The van der Waals surface area contributed by atoms with Crippen molar-refractivity contribution in [2.45, 2.75) is 20.7 Å². The minimum absolute atomic E-state index is 1.32. The molecule has 0 nitrogen and oxygen atoms in total. The molecule has 1 radical (unpaired) electrons. The van der Waals surface area contributed by atoms with E-state index >= 15 is 0 Å². The van der Waals surface area contributed by atoms with Crippen molar-refractivity contribution in [3.05, 3.63) is 29.3 Å². The minimum atomic E-state index is 1.32. The summed E-state index contributed by atoms with van der Waals surface area (Å²) in [6.07, 6.45) is 0. The second kappa shape index (κ2) is 2.91. The Morgan fingerprint density at radius 1 is 1.00 bits per heavy atom. The van der Waals surface area contributed by atoms with Crippen LogP contribution in [0.3, 0.4) is 0 Å². The topological polar surface area (TPSA) is 0 Å². The van der Waals surface area contributed by atoms with E-state index in [0.29, 0.717) is 0 Å². The van der Waals surface area contributed by atoms with E-state index in [2.05, 4.69) is 46.1 Å². The van der Waals surface area contributed by atoms with Gasteiger partial charge in [0.25, 0.3) is 0 Å². The molecule has 0 spiro atoms. The van der Waals surface area contributed by atoms with Gasteiger partial charge in [-0.05, 0) is 13.8 Å². The van der Waals surface area contributed by atoms with Gasteiger partial charge in [-0.2, -0.15) is 0 Å². The van der Waals surface area contributed by atoms with Crippen LogP contribution in [-0.4, -0.2) is 7.28 Å². The van der Waals surface area contributed by atoms with E-state index in [0.717, 1.165) is 0 Å². The Morgan fingerprint density at radius 2 is 1.50 bits per heavy atom. The standard InChI is InChI=1S/C9H12B/c1-7-4-8(2)6-9(5-7)10-3/h4-6H,1-3H3. The van der Waals surface area contributed by atoms with Gasteiger partial charge in [0, 0.05) is 0 Å². The smallest absolute Gasteiger partial charge is 0.0876 e. The summed E-state index contributed by atoms with van der Waals surface area (Å²) in [6.45, 7) is 6.31. The van der Waals surface area contributed by atoms with E-state index in [1.165, 1.54) is 16.6 Å². The summed E-state index contributed by atoms with van der Waals surface area (Å²) in [6, 6.07) is 6.56. The third-order valence-electron chi connectivity index (χ3n) is 1.58. The summed E-state index contributed by atoms with van der Waals surface area (Å²) in [7, 11) is 2.12. The molecule has 0 bridgehead atoms. The largest absolute Gasteiger partial charge is 0.148 e. The van der Waals surface area contributed by atoms with Crippen molar-refractivity contribution < 1.29 is 0 Å². The lowest BCUT2D eigenvalue weighted by molar-refractivity contribution is 1.40. The highest BCUT2D eigenvalue weighted by Gasteiger charge is 1.92. The molecule has 51 valence electrons. The van der Waals surface area contributed by atoms with Crippen LogP contribution in [0.5, 0.6) is 0 Å². The molecule has 1 heteroatoms. The molecule has 0 saturated carbocycles. The van der Waals surface area contributed by atoms with Crippen molar-refractivity contribution >= 4 is 12.7 Å². The summed E-state index contributed by atoms with van der Waals surface area (Å²) >= 11 is 0. The van der Waals surface area contributed by atoms with Crippen molar-refractivity contribution in [1.29, 1.82) is 0 Å². The summed E-state index contributed by atoms with van der Waals surface area (Å²) in [5.74, 6) is 0. The van der Waals surface area contributed by atoms with Gasteiger partial charge in [-0.25, -0.2) is 0 Å². The maximum Gasteiger partial charge on any atom is 0.148 e. The second-order valence-corrected chi connectivity index (χ2v) is 2.71. The molecule has 0 fully saturated rings. The van der Waals surface area contributed by atoms with Gasteiger partial charge in [0.05, 0.1) is 0 Å². The van der Waals surface area contributed by atoms with E-state index in [1.54, 1.807) is 0 Å². The lowest BCUT2D eigenvalue weighted by atomic mass is 9.72. The summed E-state index contributed by atoms with van der Waals surface area (Å²) < 4.78 is 0. The van der Waals surface area contributed by atoms with Gasteiger partial charge in [-0.3, -0.25) is 0 Å². The number of hydrogen-bond donors (Lipinski definition) is 0. The van der Waals surface area contributed by atoms with Crippen LogP contribution in [-0.2, 0) is 0 Å². The van der Waals surface area contributed by atoms with E-state index < -0.39 is 0 Å². The van der Waals surface area contributed by atoms with E-state index in [-0.39, 0.29) is 0 Å². The van der Waals surface area contributed by atoms with Crippen molar-refractivity contribution in [3.8, 4) is 0 Å². The lowest BCUT2D eigenvalue weighted by Crippen LogP contribution is -2.10. The third kappa shape index (κ3) is 1.63. The second-order valence-electron chi connectivity index (χ2n) is 2.71. The van der Waals surface area contributed by atoms with Gasteiger partial charge >= 0.3 is 0 Å². The molecule has 0 aliphatic carbocycles. The Balaban J connectivity index is 3.06. The van der Waals surface area contributed by atoms with Crippen LogP contribution in [0, 0.1) is 13.8 Å². The SMILES string of the molecule is C[B]c1cc(C)cc(C)c1. The number of aryl methyl sites for hydroxylation is 2. The first-order chi connectivity index (χ1) is 4.72. The maximum absolute atomic E-state index is 2.19. The van der Waals surface area contributed by atoms with Gasteiger partial charge in [0.15, 0.2) is 0 Å². The normalized spacial score (nSPS) is 9.50. The Bertz CT molecular complexity index is 208. The van der Waals surface area contributed by atoms with Gasteiger partial charge < -0.3 is 0 Å². The molecular formula is C9H12B. The quantitative estimate of drug-likeness (QED) is 0.508. The molecule has 0 saturated heterocycles. The van der Waals surface area contributed by atoms with Crippen LogP contribution in [0.4, 0.5) is 0 Å². The van der Waals surface area contributed by atoms with E-state index in [4.69, 9.17) is 0 Å². The molecule has 0 aliphatic heterocycles. The number of benzene rings is 1. The molecule has 1 aromatic rings. The van der Waals surface area contributed by atoms with Crippen LogP contribution in [0.2, 0.25) is 6.82 Å². The average Bonchev–Trinajstić information content (AvgIpc) is 1.85. The van der Waals surface area contributed by atoms with Crippen molar-refractivity contribution in [2.75, 3.05) is 0 Å². The highest BCUT2D eigenvalue weighted by atomic mass is 13.9. The fourth-order valence-corrected chi connectivity index (χ4v) is 1.18. The zero-order valence-electron chi connectivity index (χ0n) is 6.81. The van der Waals surface area contributed by atoms with Gasteiger partial charge in [-0.15, -0.1) is 0 Å². The van der Waals surface area contributed by atoms with Crippen LogP contribution < -0.4 is 5.46 Å². The Hall–Kier alpha value is -0.715. The van der Waals surface area contributed by atoms with Gasteiger partial charge in [-0.1, -0.05) is 41.6 Å². The predicted octanol–water partition coefficient (Wildman–Crippen LogP) is 1.68. The van der Waals surface area contributed by atoms with Gasteiger partial charge in [0.1, 0.15) is 7.28 Å². The highest BCUT2D eigenvalue weighted by molar-refractivity contribution is 6.51. The zero-order valence-corrected chi connectivity index (χ0v) is 6.81. The summed E-state index contributed by atoms with van der Waals surface area (Å²) in [4.78, 5) is 0. The molecule has 10 heavy (non-hydrogen) atoms. The first kappa shape index (κ1) is 7.39. The molecule has 1 aromatic carbocycles.